The fraction of sp³-hybridized carbons (Fsp3) is 0. The van der Waals surface area contributed by atoms with E-state index in [1.807, 2.05) is 22.7 Å². The van der Waals surface area contributed by atoms with E-state index in [9.17, 15) is 0 Å². The van der Waals surface area contributed by atoms with Crippen LogP contribution < -0.4 is 0 Å². The van der Waals surface area contributed by atoms with E-state index in [4.69, 9.17) is 0 Å². The molecular weight excluding hydrogens is 929 g/mol. The van der Waals surface area contributed by atoms with Gasteiger partial charge in [0.25, 0.3) is 0 Å². The summed E-state index contributed by atoms with van der Waals surface area (Å²) in [6, 6.07) is 95.3. The number of hydrogen-bond donors (Lipinski definition) is 0. The van der Waals surface area contributed by atoms with Crippen LogP contribution in [-0.4, -0.2) is 0 Å². The molecule has 2 aromatic heterocycles. The van der Waals surface area contributed by atoms with Crippen LogP contribution in [0.1, 0.15) is 0 Å². The average molecular weight is 971 g/mol. The van der Waals surface area contributed by atoms with Crippen LogP contribution in [0, 0.1) is 0 Å². The molecule has 14 aromatic carbocycles. The maximum absolute atomic E-state index is 2.43. The molecule has 74 heavy (non-hydrogen) atoms. The summed E-state index contributed by atoms with van der Waals surface area (Å²) in [5.74, 6) is 0. The van der Waals surface area contributed by atoms with E-state index in [0.29, 0.717) is 0 Å². The van der Waals surface area contributed by atoms with Crippen LogP contribution in [0.3, 0.4) is 0 Å². The molecule has 0 bridgehead atoms. The van der Waals surface area contributed by atoms with Crippen LogP contribution in [0.15, 0.2) is 255 Å². The van der Waals surface area contributed by atoms with E-state index in [-0.39, 0.29) is 0 Å². The minimum atomic E-state index is 1.22. The van der Waals surface area contributed by atoms with Crippen LogP contribution >= 0.6 is 22.7 Å². The maximum atomic E-state index is 2.43. The Labute approximate surface area is 435 Å². The third-order valence-electron chi connectivity index (χ3n) is 15.8. The van der Waals surface area contributed by atoms with Crippen LogP contribution in [0.4, 0.5) is 0 Å². The highest BCUT2D eigenvalue weighted by molar-refractivity contribution is 7.27. The molecule has 2 heteroatoms. The molecule has 0 radical (unpaired) electrons. The van der Waals surface area contributed by atoms with Gasteiger partial charge in [0.2, 0.25) is 0 Å². The molecular formula is C72H42S2. The fourth-order valence-electron chi connectivity index (χ4n) is 12.4. The zero-order valence-electron chi connectivity index (χ0n) is 40.1. The minimum absolute atomic E-state index is 1.22. The Morgan fingerprint density at radius 2 is 0.473 bits per heavy atom. The van der Waals surface area contributed by atoms with Gasteiger partial charge in [0, 0.05) is 40.3 Å². The largest absolute Gasteiger partial charge is 0.135 e. The van der Waals surface area contributed by atoms with Crippen molar-refractivity contribution in [3.63, 3.8) is 0 Å². The van der Waals surface area contributed by atoms with Crippen molar-refractivity contribution < 1.29 is 0 Å². The van der Waals surface area contributed by atoms with Crippen LogP contribution in [0.5, 0.6) is 0 Å². The van der Waals surface area contributed by atoms with Gasteiger partial charge in [0.05, 0.1) is 0 Å². The summed E-state index contributed by atoms with van der Waals surface area (Å²) in [7, 11) is 0. The molecule has 16 rings (SSSR count). The second kappa shape index (κ2) is 16.3. The number of rotatable bonds is 5. The number of fused-ring (bicyclic) bond motifs is 18. The van der Waals surface area contributed by atoms with Gasteiger partial charge < -0.3 is 0 Å². The van der Waals surface area contributed by atoms with E-state index in [0.717, 1.165) is 0 Å². The van der Waals surface area contributed by atoms with Crippen molar-refractivity contribution in [2.24, 2.45) is 0 Å². The van der Waals surface area contributed by atoms with Gasteiger partial charge >= 0.3 is 0 Å². The molecule has 0 aliphatic carbocycles. The Balaban J connectivity index is 0.792. The first-order valence-electron chi connectivity index (χ1n) is 25.5. The summed E-state index contributed by atoms with van der Waals surface area (Å²) in [5, 5.41) is 20.7. The molecule has 16 aromatic rings. The lowest BCUT2D eigenvalue weighted by atomic mass is 9.90. The molecule has 0 nitrogen and oxygen atoms in total. The van der Waals surface area contributed by atoms with Gasteiger partial charge in [-0.2, -0.15) is 0 Å². The summed E-state index contributed by atoms with van der Waals surface area (Å²) < 4.78 is 5.30. The Hall–Kier alpha value is -8.92. The normalized spacial score (nSPS) is 12.1. The molecule has 0 fully saturated rings. The summed E-state index contributed by atoms with van der Waals surface area (Å²) >= 11 is 3.82. The van der Waals surface area contributed by atoms with Crippen molar-refractivity contribution in [1.82, 2.24) is 0 Å². The van der Waals surface area contributed by atoms with Crippen molar-refractivity contribution in [3.8, 4) is 55.6 Å². The average Bonchev–Trinajstić information content (AvgIpc) is 4.06. The maximum Gasteiger partial charge on any atom is 0.0434 e. The molecule has 0 unspecified atom stereocenters. The molecule has 0 aliphatic heterocycles. The van der Waals surface area contributed by atoms with Crippen LogP contribution in [0.2, 0.25) is 0 Å². The van der Waals surface area contributed by atoms with E-state index in [1.54, 1.807) is 0 Å². The third kappa shape index (κ3) is 6.32. The third-order valence-corrected chi connectivity index (χ3v) is 18.3. The van der Waals surface area contributed by atoms with Gasteiger partial charge in [-0.25, -0.2) is 0 Å². The van der Waals surface area contributed by atoms with Gasteiger partial charge in [-0.3, -0.25) is 0 Å². The Morgan fingerprint density at radius 1 is 0.162 bits per heavy atom. The number of thiophene rings is 2. The van der Waals surface area contributed by atoms with Gasteiger partial charge in [-0.05, 0) is 151 Å². The topological polar surface area (TPSA) is 0 Å². The smallest absolute Gasteiger partial charge is 0.0434 e. The summed E-state index contributed by atoms with van der Waals surface area (Å²) in [5.41, 5.74) is 12.5. The van der Waals surface area contributed by atoms with Crippen molar-refractivity contribution in [3.05, 3.63) is 255 Å². The minimum Gasteiger partial charge on any atom is -0.135 e. The monoisotopic (exact) mass is 970 g/mol. The lowest BCUT2D eigenvalue weighted by Gasteiger charge is -2.14. The molecule has 0 aliphatic rings. The fourth-order valence-corrected chi connectivity index (χ4v) is 15.0. The number of hydrogen-bond acceptors (Lipinski definition) is 2. The summed E-state index contributed by atoms with van der Waals surface area (Å²) in [6.07, 6.45) is 0. The predicted octanol–water partition coefficient (Wildman–Crippen LogP) is 21.7. The van der Waals surface area contributed by atoms with Crippen molar-refractivity contribution in [1.29, 1.82) is 0 Å². The molecule has 0 saturated carbocycles. The Bertz CT molecular complexity index is 4980. The predicted molar refractivity (Wildman–Crippen MR) is 324 cm³/mol. The quantitative estimate of drug-likeness (QED) is 0.151. The SMILES string of the molecule is c1ccc(-c2cccc3c2sc2c(-c4cccc(-c5ccc6c7ccccc7c7cc(-c8ccc9c(c8)sc8c(-c%10ccc%11c%12ccccc%12c%12ccccc%12c%11c%10)cccc89)ccc7c6c5)c4)cccc23)cc1. The van der Waals surface area contributed by atoms with E-state index in [2.05, 4.69) is 255 Å². The van der Waals surface area contributed by atoms with E-state index >= 15 is 0 Å². The zero-order chi connectivity index (χ0) is 48.4. The Kier molecular flexibility index (Phi) is 9.18. The molecule has 0 N–H and O–H groups in total. The molecule has 0 saturated heterocycles. The van der Waals surface area contributed by atoms with Crippen molar-refractivity contribution >= 4 is 128 Å². The standard InChI is InChI=1S/C72H42S2/c1-2-14-43(15-3-1)50-24-11-28-64-65-29-13-25-51(72(65)74-71(50)64)48-17-10-16-44(38-48)45-30-34-59-56-21-7-9-23-58(56)66-40-46(31-35-61(66)67(59)39-45)47-32-37-62-63-27-12-26-52(70(63)73-69(62)42-47)49-33-36-60-55-20-5-4-18-53(55)54-19-6-8-22-57(54)68(60)41-49/h1-42H. The van der Waals surface area contributed by atoms with Gasteiger partial charge in [-0.15, -0.1) is 22.7 Å². The molecule has 0 atom stereocenters. The number of benzene rings is 14. The summed E-state index contributed by atoms with van der Waals surface area (Å²) in [4.78, 5) is 0. The lowest BCUT2D eigenvalue weighted by Crippen LogP contribution is -1.87. The first kappa shape index (κ1) is 41.7. The first-order chi connectivity index (χ1) is 36.7. The van der Waals surface area contributed by atoms with Crippen LogP contribution in [-0.2, 0) is 0 Å². The summed E-state index contributed by atoms with van der Waals surface area (Å²) in [6.45, 7) is 0. The van der Waals surface area contributed by atoms with E-state index < -0.39 is 0 Å². The Morgan fingerprint density at radius 3 is 1.01 bits per heavy atom. The highest BCUT2D eigenvalue weighted by Gasteiger charge is 2.18. The highest BCUT2D eigenvalue weighted by Crippen LogP contribution is 2.47. The second-order valence-electron chi connectivity index (χ2n) is 19.8. The molecule has 0 amide bonds. The van der Waals surface area contributed by atoms with Gasteiger partial charge in [-0.1, -0.05) is 224 Å². The molecule has 2 heterocycles. The van der Waals surface area contributed by atoms with Crippen molar-refractivity contribution in [2.45, 2.75) is 0 Å². The lowest BCUT2D eigenvalue weighted by molar-refractivity contribution is 1.63. The zero-order valence-corrected chi connectivity index (χ0v) is 41.7. The highest BCUT2D eigenvalue weighted by atomic mass is 32.1. The first-order valence-corrected chi connectivity index (χ1v) is 27.1. The second-order valence-corrected chi connectivity index (χ2v) is 21.9. The van der Waals surface area contributed by atoms with E-state index in [1.165, 1.54) is 161 Å². The van der Waals surface area contributed by atoms with Gasteiger partial charge in [0.1, 0.15) is 0 Å². The van der Waals surface area contributed by atoms with Crippen LogP contribution in [0.25, 0.3) is 161 Å². The molecule has 342 valence electrons. The van der Waals surface area contributed by atoms with Gasteiger partial charge in [0.15, 0.2) is 0 Å². The molecule has 0 spiro atoms. The van der Waals surface area contributed by atoms with Crippen molar-refractivity contribution in [2.75, 3.05) is 0 Å².